The molecule has 0 spiro atoms. The Labute approximate surface area is 143 Å². The van der Waals surface area contributed by atoms with E-state index in [0.29, 0.717) is 28.1 Å². The fraction of sp³-hybridized carbons (Fsp3) is 0.0588. The van der Waals surface area contributed by atoms with Gasteiger partial charge in [0.25, 0.3) is 5.91 Å². The molecule has 0 atom stereocenters. The van der Waals surface area contributed by atoms with E-state index in [4.69, 9.17) is 23.2 Å². The minimum absolute atomic E-state index is 0.231. The van der Waals surface area contributed by atoms with E-state index in [1.807, 2.05) is 30.3 Å². The first-order valence-corrected chi connectivity index (χ1v) is 7.71. The largest absolute Gasteiger partial charge is 0.347 e. The third kappa shape index (κ3) is 3.92. The van der Waals surface area contributed by atoms with Gasteiger partial charge in [0.1, 0.15) is 11.5 Å². The number of imidazole rings is 1. The molecule has 0 aliphatic heterocycles. The van der Waals surface area contributed by atoms with Gasteiger partial charge in [-0.3, -0.25) is 4.79 Å². The number of carbonyl (C=O) groups is 1. The molecule has 0 saturated carbocycles. The molecule has 1 heterocycles. The standard InChI is InChI=1S/C17H13Cl2N3O/c18-13-5-1-3-11(7-13)9-21-17(23)15-10-20-16(22-15)12-4-2-6-14(19)8-12/h1-8,10H,9H2,(H,20,22)(H,21,23). The van der Waals surface area contributed by atoms with E-state index < -0.39 is 0 Å². The fourth-order valence-corrected chi connectivity index (χ4v) is 2.55. The smallest absolute Gasteiger partial charge is 0.269 e. The molecular formula is C17H13Cl2N3O. The molecule has 0 fully saturated rings. The number of aromatic amines is 1. The van der Waals surface area contributed by atoms with Gasteiger partial charge in [0, 0.05) is 22.2 Å². The van der Waals surface area contributed by atoms with Gasteiger partial charge >= 0.3 is 0 Å². The van der Waals surface area contributed by atoms with Crippen molar-refractivity contribution in [2.24, 2.45) is 0 Å². The summed E-state index contributed by atoms with van der Waals surface area (Å²) < 4.78 is 0. The van der Waals surface area contributed by atoms with E-state index in [1.54, 1.807) is 18.2 Å². The quantitative estimate of drug-likeness (QED) is 0.739. The van der Waals surface area contributed by atoms with E-state index >= 15 is 0 Å². The van der Waals surface area contributed by atoms with Gasteiger partial charge < -0.3 is 10.3 Å². The van der Waals surface area contributed by atoms with E-state index in [9.17, 15) is 4.79 Å². The maximum Gasteiger partial charge on any atom is 0.269 e. The average molecular weight is 346 g/mol. The Morgan fingerprint density at radius 1 is 1.09 bits per heavy atom. The molecule has 0 unspecified atom stereocenters. The molecular weight excluding hydrogens is 333 g/mol. The molecule has 0 aliphatic rings. The SMILES string of the molecule is O=C(NCc1cccc(Cl)c1)c1cnc(-c2cccc(Cl)c2)[nH]1. The lowest BCUT2D eigenvalue weighted by Crippen LogP contribution is -2.23. The van der Waals surface area contributed by atoms with Crippen molar-refractivity contribution in [3.8, 4) is 11.4 Å². The monoisotopic (exact) mass is 345 g/mol. The van der Waals surface area contributed by atoms with E-state index in [2.05, 4.69) is 15.3 Å². The average Bonchev–Trinajstić information content (AvgIpc) is 3.03. The van der Waals surface area contributed by atoms with Crippen LogP contribution in [-0.2, 0) is 6.54 Å². The summed E-state index contributed by atoms with van der Waals surface area (Å²) >= 11 is 11.9. The van der Waals surface area contributed by atoms with Crippen LogP contribution in [0.2, 0.25) is 10.0 Å². The number of hydrogen-bond acceptors (Lipinski definition) is 2. The van der Waals surface area contributed by atoms with Crippen LogP contribution in [-0.4, -0.2) is 15.9 Å². The molecule has 1 amide bonds. The Hall–Kier alpha value is -2.30. The fourth-order valence-electron chi connectivity index (χ4n) is 2.14. The van der Waals surface area contributed by atoms with Crippen LogP contribution in [0, 0.1) is 0 Å². The van der Waals surface area contributed by atoms with Crippen LogP contribution in [0.1, 0.15) is 16.1 Å². The van der Waals surface area contributed by atoms with Crippen LogP contribution in [0.5, 0.6) is 0 Å². The van der Waals surface area contributed by atoms with Crippen LogP contribution in [0.4, 0.5) is 0 Å². The molecule has 6 heteroatoms. The zero-order valence-corrected chi connectivity index (χ0v) is 13.5. The molecule has 2 N–H and O–H groups in total. The van der Waals surface area contributed by atoms with Crippen molar-refractivity contribution in [1.82, 2.24) is 15.3 Å². The van der Waals surface area contributed by atoms with Crippen molar-refractivity contribution in [3.63, 3.8) is 0 Å². The summed E-state index contributed by atoms with van der Waals surface area (Å²) in [6, 6.07) is 14.6. The molecule has 2 aromatic carbocycles. The summed E-state index contributed by atoms with van der Waals surface area (Å²) in [6.07, 6.45) is 1.50. The summed E-state index contributed by atoms with van der Waals surface area (Å²) in [4.78, 5) is 19.4. The third-order valence-corrected chi connectivity index (χ3v) is 3.73. The van der Waals surface area contributed by atoms with Gasteiger partial charge in [-0.2, -0.15) is 0 Å². The number of hydrogen-bond donors (Lipinski definition) is 2. The number of amides is 1. The van der Waals surface area contributed by atoms with Crippen LogP contribution in [0.3, 0.4) is 0 Å². The Kier molecular flexibility index (Phi) is 4.65. The first-order valence-electron chi connectivity index (χ1n) is 6.95. The van der Waals surface area contributed by atoms with Crippen LogP contribution < -0.4 is 5.32 Å². The van der Waals surface area contributed by atoms with E-state index in [0.717, 1.165) is 11.1 Å². The second-order valence-electron chi connectivity index (χ2n) is 4.97. The van der Waals surface area contributed by atoms with Crippen molar-refractivity contribution < 1.29 is 4.79 Å². The molecule has 3 aromatic rings. The Bertz CT molecular complexity index is 845. The molecule has 3 rings (SSSR count). The predicted molar refractivity (Wildman–Crippen MR) is 91.7 cm³/mol. The maximum atomic E-state index is 12.2. The molecule has 0 bridgehead atoms. The molecule has 116 valence electrons. The molecule has 23 heavy (non-hydrogen) atoms. The number of aromatic nitrogens is 2. The lowest BCUT2D eigenvalue weighted by atomic mass is 10.2. The number of nitrogens with one attached hydrogen (secondary N) is 2. The lowest BCUT2D eigenvalue weighted by Gasteiger charge is -2.04. The summed E-state index contributed by atoms with van der Waals surface area (Å²) in [5.74, 6) is 0.367. The minimum Gasteiger partial charge on any atom is -0.347 e. The van der Waals surface area contributed by atoms with Gasteiger partial charge in [0.05, 0.1) is 6.20 Å². The van der Waals surface area contributed by atoms with Crippen molar-refractivity contribution >= 4 is 29.1 Å². The van der Waals surface area contributed by atoms with Gasteiger partial charge in [0.15, 0.2) is 0 Å². The third-order valence-electron chi connectivity index (χ3n) is 3.26. The Balaban J connectivity index is 1.69. The zero-order chi connectivity index (χ0) is 16.2. The topological polar surface area (TPSA) is 57.8 Å². The normalized spacial score (nSPS) is 10.5. The maximum absolute atomic E-state index is 12.2. The van der Waals surface area contributed by atoms with Gasteiger partial charge in [-0.25, -0.2) is 4.98 Å². The van der Waals surface area contributed by atoms with Crippen molar-refractivity contribution in [3.05, 3.63) is 76.0 Å². The van der Waals surface area contributed by atoms with E-state index in [1.165, 1.54) is 6.20 Å². The second-order valence-corrected chi connectivity index (χ2v) is 5.84. The highest BCUT2D eigenvalue weighted by Gasteiger charge is 2.10. The lowest BCUT2D eigenvalue weighted by molar-refractivity contribution is 0.0946. The molecule has 1 aromatic heterocycles. The Morgan fingerprint density at radius 2 is 1.83 bits per heavy atom. The first-order chi connectivity index (χ1) is 11.1. The minimum atomic E-state index is -0.231. The van der Waals surface area contributed by atoms with Gasteiger partial charge in [-0.1, -0.05) is 47.5 Å². The number of carbonyl (C=O) groups excluding carboxylic acids is 1. The number of H-pyrrole nitrogens is 1. The summed E-state index contributed by atoms with van der Waals surface area (Å²) in [5.41, 5.74) is 2.15. The first kappa shape index (κ1) is 15.6. The van der Waals surface area contributed by atoms with Gasteiger partial charge in [-0.05, 0) is 29.8 Å². The molecule has 4 nitrogen and oxygen atoms in total. The zero-order valence-electron chi connectivity index (χ0n) is 12.0. The van der Waals surface area contributed by atoms with Crippen molar-refractivity contribution in [2.75, 3.05) is 0 Å². The summed E-state index contributed by atoms with van der Waals surface area (Å²) in [5, 5.41) is 4.08. The van der Waals surface area contributed by atoms with Gasteiger partial charge in [-0.15, -0.1) is 0 Å². The number of halogens is 2. The van der Waals surface area contributed by atoms with Crippen LogP contribution in [0.25, 0.3) is 11.4 Å². The highest BCUT2D eigenvalue weighted by atomic mass is 35.5. The number of nitrogens with zero attached hydrogens (tertiary/aromatic N) is 1. The second kappa shape index (κ2) is 6.86. The van der Waals surface area contributed by atoms with Gasteiger partial charge in [0.2, 0.25) is 0 Å². The number of rotatable bonds is 4. The van der Waals surface area contributed by atoms with Crippen LogP contribution >= 0.6 is 23.2 Å². The Morgan fingerprint density at radius 3 is 2.57 bits per heavy atom. The highest BCUT2D eigenvalue weighted by Crippen LogP contribution is 2.20. The van der Waals surface area contributed by atoms with Crippen LogP contribution in [0.15, 0.2) is 54.7 Å². The molecule has 0 aliphatic carbocycles. The van der Waals surface area contributed by atoms with E-state index in [-0.39, 0.29) is 5.91 Å². The molecule has 0 saturated heterocycles. The predicted octanol–water partition coefficient (Wildman–Crippen LogP) is 4.31. The highest BCUT2D eigenvalue weighted by molar-refractivity contribution is 6.31. The van der Waals surface area contributed by atoms with Crippen molar-refractivity contribution in [2.45, 2.75) is 6.54 Å². The summed E-state index contributed by atoms with van der Waals surface area (Å²) in [6.45, 7) is 0.394. The van der Waals surface area contributed by atoms with Crippen molar-refractivity contribution in [1.29, 1.82) is 0 Å². The number of benzene rings is 2. The molecule has 0 radical (unpaired) electrons. The summed E-state index contributed by atoms with van der Waals surface area (Å²) in [7, 11) is 0.